The van der Waals surface area contributed by atoms with Crippen LogP contribution in [0, 0.1) is 0 Å². The molecule has 0 aliphatic heterocycles. The first kappa shape index (κ1) is 10.8. The average molecular weight is 166 g/mol. The molecule has 11 heavy (non-hydrogen) atoms. The Morgan fingerprint density at radius 1 is 0.636 bits per heavy atom. The topological polar surface area (TPSA) is 87.4 Å². The van der Waals surface area contributed by atoms with Gasteiger partial charge in [-0.1, -0.05) is 0 Å². The van der Waals surface area contributed by atoms with Gasteiger partial charge >= 0.3 is 0 Å². The summed E-state index contributed by atoms with van der Waals surface area (Å²) >= 11 is 0. The molecule has 4 N–H and O–H groups in total. The summed E-state index contributed by atoms with van der Waals surface area (Å²) in [7, 11) is 0. The molecular formula is C5H14N2O4. The fourth-order valence-corrected chi connectivity index (χ4v) is 0.551. The van der Waals surface area contributed by atoms with E-state index in [9.17, 15) is 0 Å². The summed E-state index contributed by atoms with van der Waals surface area (Å²) in [5, 5.41) is 34.2. The van der Waals surface area contributed by atoms with Crippen molar-refractivity contribution in [1.82, 2.24) is 9.80 Å². The molecule has 0 fully saturated rings. The fraction of sp³-hybridized carbons (Fsp3) is 1.00. The van der Waals surface area contributed by atoms with Crippen molar-refractivity contribution < 1.29 is 20.4 Å². The maximum Gasteiger partial charge on any atom is 0.0984 e. The molecule has 6 heteroatoms. The second kappa shape index (κ2) is 6.47. The number of nitrogens with zero attached hydrogens (tertiary/aromatic N) is 2. The molecule has 0 radical (unpaired) electrons. The van der Waals surface area contributed by atoms with Crippen LogP contribution in [0.15, 0.2) is 0 Å². The number of aliphatic hydroxyl groups excluding tert-OH is 4. The number of hydrogen-bond donors (Lipinski definition) is 4. The molecule has 0 spiro atoms. The minimum atomic E-state index is -0.312. The van der Waals surface area contributed by atoms with Gasteiger partial charge in [-0.25, -0.2) is 9.80 Å². The summed E-state index contributed by atoms with van der Waals surface area (Å²) < 4.78 is 0. The van der Waals surface area contributed by atoms with E-state index in [0.717, 1.165) is 0 Å². The maximum absolute atomic E-state index is 8.54. The van der Waals surface area contributed by atoms with Gasteiger partial charge in [-0.3, -0.25) is 0 Å². The lowest BCUT2D eigenvalue weighted by molar-refractivity contribution is -0.0592. The van der Waals surface area contributed by atoms with Gasteiger partial charge in [0.2, 0.25) is 0 Å². The SMILES string of the molecule is OCN(CO)CN(CO)CO. The predicted octanol–water partition coefficient (Wildman–Crippen LogP) is -2.65. The van der Waals surface area contributed by atoms with Crippen LogP contribution < -0.4 is 0 Å². The normalized spacial score (nSPS) is 11.5. The molecule has 0 saturated heterocycles. The zero-order chi connectivity index (χ0) is 8.69. The molecule has 68 valence electrons. The Bertz CT molecular complexity index is 74.6. The maximum atomic E-state index is 8.54. The number of hydrogen-bond acceptors (Lipinski definition) is 6. The first-order valence-corrected chi connectivity index (χ1v) is 3.16. The van der Waals surface area contributed by atoms with E-state index >= 15 is 0 Å². The monoisotopic (exact) mass is 166 g/mol. The van der Waals surface area contributed by atoms with Crippen molar-refractivity contribution in [3.8, 4) is 0 Å². The van der Waals surface area contributed by atoms with E-state index in [2.05, 4.69) is 0 Å². The van der Waals surface area contributed by atoms with Crippen LogP contribution in [0.25, 0.3) is 0 Å². The molecule has 0 aromatic heterocycles. The first-order chi connectivity index (χ1) is 5.28. The van der Waals surface area contributed by atoms with E-state index in [1.807, 2.05) is 0 Å². The Morgan fingerprint density at radius 3 is 1.09 bits per heavy atom. The standard InChI is InChI=1S/C5H14N2O4/c8-2-6(3-9)1-7(4-10)5-11/h8-11H,1-5H2. The Hall–Kier alpha value is -0.240. The highest BCUT2D eigenvalue weighted by molar-refractivity contribution is 4.45. The average Bonchev–Trinajstić information content (AvgIpc) is 2.07. The Morgan fingerprint density at radius 2 is 0.909 bits per heavy atom. The van der Waals surface area contributed by atoms with E-state index < -0.39 is 0 Å². The third kappa shape index (κ3) is 4.25. The van der Waals surface area contributed by atoms with Crippen molar-refractivity contribution in [2.75, 3.05) is 33.6 Å². The fourth-order valence-electron chi connectivity index (χ4n) is 0.551. The lowest BCUT2D eigenvalue weighted by Crippen LogP contribution is -2.39. The van der Waals surface area contributed by atoms with Crippen LogP contribution in [0.5, 0.6) is 0 Å². The second-order valence-electron chi connectivity index (χ2n) is 2.05. The predicted molar refractivity (Wildman–Crippen MR) is 36.9 cm³/mol. The highest BCUT2D eigenvalue weighted by Crippen LogP contribution is 1.88. The van der Waals surface area contributed by atoms with Crippen LogP contribution >= 0.6 is 0 Å². The van der Waals surface area contributed by atoms with Crippen molar-refractivity contribution >= 4 is 0 Å². The summed E-state index contributed by atoms with van der Waals surface area (Å²) in [6, 6.07) is 0. The van der Waals surface area contributed by atoms with Crippen LogP contribution in [-0.4, -0.2) is 63.8 Å². The van der Waals surface area contributed by atoms with Crippen LogP contribution in [0.3, 0.4) is 0 Å². The third-order valence-electron chi connectivity index (χ3n) is 1.20. The molecule has 0 aromatic carbocycles. The lowest BCUT2D eigenvalue weighted by Gasteiger charge is -2.23. The van der Waals surface area contributed by atoms with Gasteiger partial charge in [0.05, 0.1) is 33.6 Å². The van der Waals surface area contributed by atoms with Crippen LogP contribution in [0.2, 0.25) is 0 Å². The van der Waals surface area contributed by atoms with Gasteiger partial charge in [0.1, 0.15) is 0 Å². The second-order valence-corrected chi connectivity index (χ2v) is 2.05. The summed E-state index contributed by atoms with van der Waals surface area (Å²) in [6.07, 6.45) is 0. The quantitative estimate of drug-likeness (QED) is 0.322. The van der Waals surface area contributed by atoms with Gasteiger partial charge in [0.15, 0.2) is 0 Å². The molecule has 0 saturated carbocycles. The van der Waals surface area contributed by atoms with E-state index in [-0.39, 0.29) is 33.6 Å². The van der Waals surface area contributed by atoms with Gasteiger partial charge < -0.3 is 20.4 Å². The zero-order valence-electron chi connectivity index (χ0n) is 6.22. The van der Waals surface area contributed by atoms with Crippen LogP contribution in [0.1, 0.15) is 0 Å². The van der Waals surface area contributed by atoms with Crippen LogP contribution in [0.4, 0.5) is 0 Å². The molecule has 0 aliphatic rings. The van der Waals surface area contributed by atoms with E-state index in [1.165, 1.54) is 9.80 Å². The molecule has 0 unspecified atom stereocenters. The van der Waals surface area contributed by atoms with Crippen molar-refractivity contribution in [2.24, 2.45) is 0 Å². The summed E-state index contributed by atoms with van der Waals surface area (Å²) in [6.45, 7) is -1.12. The van der Waals surface area contributed by atoms with Gasteiger partial charge in [0.25, 0.3) is 0 Å². The molecule has 0 amide bonds. The van der Waals surface area contributed by atoms with Gasteiger partial charge in [-0.05, 0) is 0 Å². The van der Waals surface area contributed by atoms with Gasteiger partial charge in [-0.2, -0.15) is 0 Å². The third-order valence-corrected chi connectivity index (χ3v) is 1.20. The van der Waals surface area contributed by atoms with Crippen molar-refractivity contribution in [2.45, 2.75) is 0 Å². The minimum Gasteiger partial charge on any atom is -0.381 e. The summed E-state index contributed by atoms with van der Waals surface area (Å²) in [4.78, 5) is 2.46. The van der Waals surface area contributed by atoms with E-state index in [0.29, 0.717) is 0 Å². The Labute approximate surface area is 64.9 Å². The molecule has 0 aromatic rings. The molecule has 0 aliphatic carbocycles. The molecule has 0 rings (SSSR count). The molecule has 0 bridgehead atoms. The van der Waals surface area contributed by atoms with E-state index in [1.54, 1.807) is 0 Å². The smallest absolute Gasteiger partial charge is 0.0984 e. The molecule has 6 nitrogen and oxygen atoms in total. The number of aliphatic hydroxyl groups is 4. The van der Waals surface area contributed by atoms with Gasteiger partial charge in [-0.15, -0.1) is 0 Å². The summed E-state index contributed by atoms with van der Waals surface area (Å²) in [5.74, 6) is 0. The molecule has 0 heterocycles. The van der Waals surface area contributed by atoms with E-state index in [4.69, 9.17) is 20.4 Å². The lowest BCUT2D eigenvalue weighted by atomic mass is 10.7. The van der Waals surface area contributed by atoms with Crippen LogP contribution in [-0.2, 0) is 0 Å². The Balaban J connectivity index is 3.58. The molecular weight excluding hydrogens is 152 g/mol. The summed E-state index contributed by atoms with van der Waals surface area (Å²) in [5.41, 5.74) is 0. The van der Waals surface area contributed by atoms with Crippen molar-refractivity contribution in [1.29, 1.82) is 0 Å². The Kier molecular flexibility index (Phi) is 6.33. The highest BCUT2D eigenvalue weighted by atomic mass is 16.3. The minimum absolute atomic E-state index is 0.125. The number of rotatable bonds is 6. The largest absolute Gasteiger partial charge is 0.381 e. The zero-order valence-corrected chi connectivity index (χ0v) is 6.22. The first-order valence-electron chi connectivity index (χ1n) is 3.16. The van der Waals surface area contributed by atoms with Crippen molar-refractivity contribution in [3.05, 3.63) is 0 Å². The highest BCUT2D eigenvalue weighted by Gasteiger charge is 2.06. The van der Waals surface area contributed by atoms with Crippen molar-refractivity contribution in [3.63, 3.8) is 0 Å². The molecule has 0 atom stereocenters. The van der Waals surface area contributed by atoms with Gasteiger partial charge in [0, 0.05) is 0 Å².